The summed E-state index contributed by atoms with van der Waals surface area (Å²) in [5, 5.41) is 13.2. The lowest BCUT2D eigenvalue weighted by atomic mass is 10.1. The first-order valence-corrected chi connectivity index (χ1v) is 7.42. The summed E-state index contributed by atoms with van der Waals surface area (Å²) in [5.41, 5.74) is 1.93. The van der Waals surface area contributed by atoms with Gasteiger partial charge in [0.2, 0.25) is 0 Å². The molecule has 2 N–H and O–H groups in total. The van der Waals surface area contributed by atoms with Crippen molar-refractivity contribution in [2.24, 2.45) is 0 Å². The highest BCUT2D eigenvalue weighted by Crippen LogP contribution is 2.18. The Labute approximate surface area is 122 Å². The van der Waals surface area contributed by atoms with Gasteiger partial charge in [0.15, 0.2) is 0 Å². The third-order valence-electron chi connectivity index (χ3n) is 2.98. The molecule has 0 aliphatic heterocycles. The maximum atomic E-state index is 10.9. The van der Waals surface area contributed by atoms with Crippen LogP contribution in [0.15, 0.2) is 30.3 Å². The fourth-order valence-electron chi connectivity index (χ4n) is 1.96. The predicted octanol–water partition coefficient (Wildman–Crippen LogP) is 2.52. The summed E-state index contributed by atoms with van der Waals surface area (Å²) in [7, 11) is 0. The fraction of sp³-hybridized carbons (Fsp3) is 0.333. The van der Waals surface area contributed by atoms with Crippen molar-refractivity contribution in [2.75, 3.05) is 13.1 Å². The van der Waals surface area contributed by atoms with E-state index in [9.17, 15) is 4.79 Å². The van der Waals surface area contributed by atoms with Crippen LogP contribution < -0.4 is 5.32 Å². The van der Waals surface area contributed by atoms with Gasteiger partial charge < -0.3 is 10.4 Å². The molecule has 0 spiro atoms. The predicted molar refractivity (Wildman–Crippen MR) is 80.5 cm³/mol. The van der Waals surface area contributed by atoms with Crippen LogP contribution in [0.25, 0.3) is 0 Å². The number of nitrogens with zero attached hydrogens (tertiary/aromatic N) is 1. The third kappa shape index (κ3) is 4.15. The number of rotatable bonds is 7. The number of carboxylic acids is 1. The van der Waals surface area contributed by atoms with E-state index in [-0.39, 0.29) is 0 Å². The van der Waals surface area contributed by atoms with Crippen LogP contribution in [0, 0.1) is 6.92 Å². The molecule has 0 aliphatic rings. The number of nitrogens with one attached hydrogen (secondary N) is 1. The van der Waals surface area contributed by atoms with Crippen molar-refractivity contribution < 1.29 is 9.90 Å². The van der Waals surface area contributed by atoms with E-state index >= 15 is 0 Å². The third-order valence-corrected chi connectivity index (χ3v) is 4.19. The molecule has 1 aromatic carbocycles. The number of hydrogen-bond donors (Lipinski definition) is 2. The zero-order valence-electron chi connectivity index (χ0n) is 11.4. The zero-order chi connectivity index (χ0) is 14.4. The molecular formula is C15H18N2O2S. The maximum Gasteiger partial charge on any atom is 0.347 e. The van der Waals surface area contributed by atoms with Gasteiger partial charge >= 0.3 is 5.97 Å². The second kappa shape index (κ2) is 7.17. The quantitative estimate of drug-likeness (QED) is 0.769. The molecule has 4 nitrogen and oxygen atoms in total. The first-order chi connectivity index (χ1) is 9.66. The molecule has 0 fully saturated rings. The first-order valence-electron chi connectivity index (χ1n) is 6.61. The van der Waals surface area contributed by atoms with Gasteiger partial charge in [0.25, 0.3) is 0 Å². The largest absolute Gasteiger partial charge is 0.477 e. The topological polar surface area (TPSA) is 62.2 Å². The number of aryl methyl sites for hydroxylation is 1. The van der Waals surface area contributed by atoms with E-state index in [2.05, 4.69) is 22.4 Å². The summed E-state index contributed by atoms with van der Waals surface area (Å²) >= 11 is 1.27. The molecule has 0 amide bonds. The smallest absolute Gasteiger partial charge is 0.347 e. The molecule has 0 saturated carbocycles. The van der Waals surface area contributed by atoms with Gasteiger partial charge in [-0.25, -0.2) is 9.78 Å². The van der Waals surface area contributed by atoms with E-state index in [1.165, 1.54) is 16.9 Å². The second-order valence-electron chi connectivity index (χ2n) is 4.56. The molecule has 106 valence electrons. The number of aromatic nitrogens is 1. The maximum absolute atomic E-state index is 10.9. The Kier molecular flexibility index (Phi) is 5.26. The fourth-order valence-corrected chi connectivity index (χ4v) is 2.86. The molecule has 0 unspecified atom stereocenters. The lowest BCUT2D eigenvalue weighted by molar-refractivity contribution is 0.0701. The standard InChI is InChI=1S/C15H18N2O2S/c1-11-14(15(18)19)20-13(17-11)8-10-16-9-7-12-5-3-2-4-6-12/h2-6,16H,7-10H2,1H3,(H,18,19). The highest BCUT2D eigenvalue weighted by molar-refractivity contribution is 7.13. The van der Waals surface area contributed by atoms with Gasteiger partial charge in [0, 0.05) is 13.0 Å². The lowest BCUT2D eigenvalue weighted by Gasteiger charge is -2.03. The molecule has 1 aromatic heterocycles. The lowest BCUT2D eigenvalue weighted by Crippen LogP contribution is -2.20. The van der Waals surface area contributed by atoms with E-state index < -0.39 is 5.97 Å². The van der Waals surface area contributed by atoms with Crippen LogP contribution in [0.5, 0.6) is 0 Å². The van der Waals surface area contributed by atoms with Crippen LogP contribution in [0.3, 0.4) is 0 Å². The minimum absolute atomic E-state index is 0.351. The molecule has 5 heteroatoms. The normalized spacial score (nSPS) is 10.7. The van der Waals surface area contributed by atoms with Gasteiger partial charge in [-0.05, 0) is 25.5 Å². The molecule has 0 bridgehead atoms. The Morgan fingerprint density at radius 3 is 2.60 bits per heavy atom. The van der Waals surface area contributed by atoms with Gasteiger partial charge in [0.1, 0.15) is 4.88 Å². The van der Waals surface area contributed by atoms with Gasteiger partial charge in [0.05, 0.1) is 10.7 Å². The Morgan fingerprint density at radius 1 is 1.25 bits per heavy atom. The monoisotopic (exact) mass is 290 g/mol. The van der Waals surface area contributed by atoms with Gasteiger partial charge in [-0.3, -0.25) is 0 Å². The van der Waals surface area contributed by atoms with Gasteiger partial charge in [-0.15, -0.1) is 11.3 Å². The van der Waals surface area contributed by atoms with Gasteiger partial charge in [-0.1, -0.05) is 30.3 Å². The number of hydrogen-bond acceptors (Lipinski definition) is 4. The van der Waals surface area contributed by atoms with Crippen molar-refractivity contribution in [1.29, 1.82) is 0 Å². The van der Waals surface area contributed by atoms with E-state index in [4.69, 9.17) is 5.11 Å². The number of benzene rings is 1. The molecule has 2 rings (SSSR count). The van der Waals surface area contributed by atoms with E-state index in [0.29, 0.717) is 10.6 Å². The first kappa shape index (κ1) is 14.7. The highest BCUT2D eigenvalue weighted by atomic mass is 32.1. The Balaban J connectivity index is 1.71. The second-order valence-corrected chi connectivity index (χ2v) is 5.65. The van der Waals surface area contributed by atoms with Crippen LogP contribution >= 0.6 is 11.3 Å². The molecule has 0 aliphatic carbocycles. The van der Waals surface area contributed by atoms with Crippen LogP contribution in [0.4, 0.5) is 0 Å². The zero-order valence-corrected chi connectivity index (χ0v) is 12.2. The summed E-state index contributed by atoms with van der Waals surface area (Å²) in [6, 6.07) is 10.3. The number of aromatic carboxylic acids is 1. The summed E-state index contributed by atoms with van der Waals surface area (Å²) in [6.45, 7) is 3.48. The molecule has 0 saturated heterocycles. The average molecular weight is 290 g/mol. The van der Waals surface area contributed by atoms with E-state index in [0.717, 1.165) is 30.9 Å². The minimum Gasteiger partial charge on any atom is -0.477 e. The SMILES string of the molecule is Cc1nc(CCNCCc2ccccc2)sc1C(=O)O. The molecule has 0 atom stereocenters. The molecule has 2 aromatic rings. The highest BCUT2D eigenvalue weighted by Gasteiger charge is 2.13. The number of carbonyl (C=O) groups is 1. The van der Waals surface area contributed by atoms with E-state index in [1.807, 2.05) is 18.2 Å². The summed E-state index contributed by atoms with van der Waals surface area (Å²) in [4.78, 5) is 15.6. The van der Waals surface area contributed by atoms with Crippen LogP contribution in [-0.2, 0) is 12.8 Å². The molecule has 0 radical (unpaired) electrons. The minimum atomic E-state index is -0.886. The van der Waals surface area contributed by atoms with Crippen molar-refractivity contribution in [3.63, 3.8) is 0 Å². The number of thiazole rings is 1. The summed E-state index contributed by atoms with van der Waals surface area (Å²) in [6.07, 6.45) is 1.77. The van der Waals surface area contributed by atoms with Crippen LogP contribution in [0.2, 0.25) is 0 Å². The summed E-state index contributed by atoms with van der Waals surface area (Å²) < 4.78 is 0. The molecule has 1 heterocycles. The van der Waals surface area contributed by atoms with Crippen LogP contribution in [0.1, 0.15) is 25.9 Å². The Morgan fingerprint density at radius 2 is 1.95 bits per heavy atom. The van der Waals surface area contributed by atoms with Gasteiger partial charge in [-0.2, -0.15) is 0 Å². The van der Waals surface area contributed by atoms with Crippen LogP contribution in [-0.4, -0.2) is 29.1 Å². The Bertz CT molecular complexity index is 567. The summed E-state index contributed by atoms with van der Waals surface area (Å²) in [5.74, 6) is -0.886. The Hall–Kier alpha value is -1.72. The van der Waals surface area contributed by atoms with Crippen molar-refractivity contribution in [3.8, 4) is 0 Å². The molecular weight excluding hydrogens is 272 g/mol. The van der Waals surface area contributed by atoms with Crippen molar-refractivity contribution >= 4 is 17.3 Å². The average Bonchev–Trinajstić information content (AvgIpc) is 2.81. The number of carboxylic acid groups (broad SMARTS) is 1. The van der Waals surface area contributed by atoms with E-state index in [1.54, 1.807) is 6.92 Å². The van der Waals surface area contributed by atoms with Crippen molar-refractivity contribution in [2.45, 2.75) is 19.8 Å². The van der Waals surface area contributed by atoms with Crippen molar-refractivity contribution in [1.82, 2.24) is 10.3 Å². The molecule has 20 heavy (non-hydrogen) atoms. The van der Waals surface area contributed by atoms with Crippen molar-refractivity contribution in [3.05, 3.63) is 51.5 Å².